The Morgan fingerprint density at radius 3 is 2.33 bits per heavy atom. The fourth-order valence-corrected chi connectivity index (χ4v) is 4.62. The van der Waals surface area contributed by atoms with Crippen molar-refractivity contribution in [2.75, 3.05) is 20.8 Å². The Morgan fingerprint density at radius 1 is 1.05 bits per heavy atom. The number of methoxy groups -OCH3 is 2. The van der Waals surface area contributed by atoms with Gasteiger partial charge in [-0.3, -0.25) is 9.59 Å². The Balaban J connectivity index is 2.30. The van der Waals surface area contributed by atoms with Gasteiger partial charge in [-0.2, -0.15) is 0 Å². The fourth-order valence-electron chi connectivity index (χ4n) is 4.62. The van der Waals surface area contributed by atoms with Crippen LogP contribution in [0, 0.1) is 24.6 Å². The smallest absolute Gasteiger partial charge is 0.328 e. The molecule has 0 spiro atoms. The molecule has 3 atom stereocenters. The summed E-state index contributed by atoms with van der Waals surface area (Å²) in [4.78, 5) is 43.2. The van der Waals surface area contributed by atoms with Crippen LogP contribution in [0.2, 0.25) is 0 Å². The van der Waals surface area contributed by atoms with Crippen LogP contribution in [0.15, 0.2) is 30.5 Å². The molecule has 0 aliphatic heterocycles. The number of hydrogen-bond donors (Lipinski definition) is 1. The topological polar surface area (TPSA) is 113 Å². The van der Waals surface area contributed by atoms with Crippen molar-refractivity contribution in [3.8, 4) is 11.5 Å². The third kappa shape index (κ3) is 9.01. The number of pyridine rings is 1. The van der Waals surface area contributed by atoms with Gasteiger partial charge in [0.15, 0.2) is 11.4 Å². The molecule has 0 aliphatic rings. The second-order valence-electron chi connectivity index (χ2n) is 10.5. The minimum atomic E-state index is -0.998. The third-order valence-corrected chi connectivity index (χ3v) is 6.44. The highest BCUT2D eigenvalue weighted by Crippen LogP contribution is 2.33. The molecule has 0 unspecified atom stereocenters. The normalized spacial score (nSPS) is 13.5. The molecule has 1 amide bonds. The second-order valence-corrected chi connectivity index (χ2v) is 10.5. The van der Waals surface area contributed by atoms with Crippen molar-refractivity contribution in [2.45, 2.75) is 72.4 Å². The highest BCUT2D eigenvalue weighted by Gasteiger charge is 2.32. The minimum Gasteiger partial charge on any atom is -0.493 e. The first-order chi connectivity index (χ1) is 18.9. The average Bonchev–Trinajstić information content (AvgIpc) is 2.88. The molecule has 9 nitrogen and oxygen atoms in total. The van der Waals surface area contributed by atoms with Gasteiger partial charge in [0.25, 0.3) is 5.91 Å². The first-order valence-corrected chi connectivity index (χ1v) is 13.4. The van der Waals surface area contributed by atoms with Gasteiger partial charge in [0.2, 0.25) is 5.75 Å². The summed E-state index contributed by atoms with van der Waals surface area (Å²) in [5.41, 5.74) is 1.45. The third-order valence-electron chi connectivity index (χ3n) is 6.44. The van der Waals surface area contributed by atoms with Crippen molar-refractivity contribution in [1.29, 1.82) is 0 Å². The van der Waals surface area contributed by atoms with Crippen LogP contribution in [0.1, 0.15) is 75.0 Å². The van der Waals surface area contributed by atoms with Crippen molar-refractivity contribution in [3.63, 3.8) is 0 Å². The highest BCUT2D eigenvalue weighted by molar-refractivity contribution is 5.98. The lowest BCUT2D eigenvalue weighted by molar-refractivity contribution is -0.152. The highest BCUT2D eigenvalue weighted by atomic mass is 19.1. The number of halogens is 1. The Bertz CT molecular complexity index is 1170. The number of esters is 2. The van der Waals surface area contributed by atoms with E-state index in [0.29, 0.717) is 6.42 Å². The molecule has 40 heavy (non-hydrogen) atoms. The number of nitrogens with one attached hydrogen (secondary N) is 1. The maximum Gasteiger partial charge on any atom is 0.328 e. The first-order valence-electron chi connectivity index (χ1n) is 13.4. The lowest BCUT2D eigenvalue weighted by Gasteiger charge is -2.30. The van der Waals surface area contributed by atoms with Gasteiger partial charge < -0.3 is 24.3 Å². The maximum atomic E-state index is 13.7. The predicted molar refractivity (Wildman–Crippen MR) is 148 cm³/mol. The molecule has 10 heteroatoms. The number of aryl methyl sites for hydroxylation is 1. The number of benzene rings is 1. The van der Waals surface area contributed by atoms with Crippen molar-refractivity contribution in [3.05, 3.63) is 53.1 Å². The molecular weight excluding hydrogens is 519 g/mol. The van der Waals surface area contributed by atoms with Crippen LogP contribution in [-0.4, -0.2) is 55.8 Å². The monoisotopic (exact) mass is 560 g/mol. The lowest BCUT2D eigenvalue weighted by atomic mass is 9.82. The summed E-state index contributed by atoms with van der Waals surface area (Å²) in [6.07, 6.45) is 1.04. The van der Waals surface area contributed by atoms with E-state index in [0.717, 1.165) is 11.1 Å². The van der Waals surface area contributed by atoms with Crippen molar-refractivity contribution in [1.82, 2.24) is 10.3 Å². The summed E-state index contributed by atoms with van der Waals surface area (Å²) < 4.78 is 35.2. The zero-order chi connectivity index (χ0) is 30.0. The van der Waals surface area contributed by atoms with E-state index in [2.05, 4.69) is 10.3 Å². The molecule has 0 saturated heterocycles. The van der Waals surface area contributed by atoms with Gasteiger partial charge in [0, 0.05) is 25.3 Å². The van der Waals surface area contributed by atoms with E-state index in [1.807, 2.05) is 34.6 Å². The molecule has 0 radical (unpaired) electrons. The average molecular weight is 561 g/mol. The molecule has 2 aromatic rings. The first kappa shape index (κ1) is 32.7. The summed E-state index contributed by atoms with van der Waals surface area (Å²) in [5.74, 6) is -2.39. The molecule has 0 bridgehead atoms. The molecule has 1 aromatic heterocycles. The summed E-state index contributed by atoms with van der Waals surface area (Å²) in [7, 11) is 2.83. The van der Waals surface area contributed by atoms with E-state index in [9.17, 15) is 18.8 Å². The summed E-state index contributed by atoms with van der Waals surface area (Å²) in [6, 6.07) is 5.04. The Kier molecular flexibility index (Phi) is 12.5. The number of carbonyl (C=O) groups is 3. The number of amides is 1. The van der Waals surface area contributed by atoms with Crippen LogP contribution in [0.3, 0.4) is 0 Å². The number of aromatic nitrogens is 1. The number of nitrogens with zero attached hydrogens (tertiary/aromatic N) is 1. The zero-order valence-electron chi connectivity index (χ0n) is 24.6. The predicted octanol–water partition coefficient (Wildman–Crippen LogP) is 5.00. The van der Waals surface area contributed by atoms with Crippen molar-refractivity contribution < 1.29 is 37.7 Å². The molecule has 220 valence electrons. The molecule has 0 fully saturated rings. The number of ether oxygens (including phenoxy) is 4. The van der Waals surface area contributed by atoms with E-state index in [1.54, 1.807) is 13.0 Å². The van der Waals surface area contributed by atoms with Gasteiger partial charge in [-0.25, -0.2) is 14.2 Å². The van der Waals surface area contributed by atoms with E-state index in [-0.39, 0.29) is 53.8 Å². The number of carbonyl (C=O) groups excluding carboxylic acids is 3. The van der Waals surface area contributed by atoms with Crippen LogP contribution in [0.4, 0.5) is 4.39 Å². The van der Waals surface area contributed by atoms with Gasteiger partial charge in [0.1, 0.15) is 18.0 Å². The lowest BCUT2D eigenvalue weighted by Crippen LogP contribution is -2.44. The fraction of sp³-hybridized carbons (Fsp3) is 0.533. The van der Waals surface area contributed by atoms with Crippen LogP contribution in [0.25, 0.3) is 0 Å². The SMILES string of the molecule is COCCC(=O)Oc1c(OC)ccnc1C(=O)N[C@@H](CC(C)C)C(=O)O[C@@H](C)[C@H](c1ccc(F)cc1C)C(C)C. The van der Waals surface area contributed by atoms with Gasteiger partial charge in [-0.15, -0.1) is 0 Å². The number of rotatable bonds is 14. The van der Waals surface area contributed by atoms with Crippen LogP contribution >= 0.6 is 0 Å². The van der Waals surface area contributed by atoms with Crippen molar-refractivity contribution >= 4 is 17.8 Å². The standard InChI is InChI=1S/C30H41FN2O7/c1-17(2)15-23(30(36)39-20(6)26(18(3)4)22-10-9-21(31)16-19(22)5)33-29(35)27-28(24(38-8)11-13-32-27)40-25(34)12-14-37-7/h9-11,13,16-18,20,23,26H,12,14-15H2,1-8H3,(H,33,35)/t20-,23-,26+/m0/s1. The van der Waals surface area contributed by atoms with Crippen LogP contribution in [0.5, 0.6) is 11.5 Å². The van der Waals surface area contributed by atoms with E-state index in [4.69, 9.17) is 18.9 Å². The molecular formula is C30H41FN2O7. The van der Waals surface area contributed by atoms with Crippen LogP contribution < -0.4 is 14.8 Å². The Labute approximate surface area is 235 Å². The minimum absolute atomic E-state index is 0.0398. The second kappa shape index (κ2) is 15.3. The van der Waals surface area contributed by atoms with Gasteiger partial charge in [-0.1, -0.05) is 33.8 Å². The van der Waals surface area contributed by atoms with Gasteiger partial charge in [-0.05, 0) is 55.4 Å². The summed E-state index contributed by atoms with van der Waals surface area (Å²) in [5, 5.41) is 2.71. The van der Waals surface area contributed by atoms with E-state index in [1.165, 1.54) is 38.6 Å². The van der Waals surface area contributed by atoms with Gasteiger partial charge >= 0.3 is 11.9 Å². The molecule has 2 rings (SSSR count). The molecule has 1 N–H and O–H groups in total. The van der Waals surface area contributed by atoms with Crippen molar-refractivity contribution in [2.24, 2.45) is 11.8 Å². The Morgan fingerprint density at radius 2 is 1.75 bits per heavy atom. The zero-order valence-corrected chi connectivity index (χ0v) is 24.6. The van der Waals surface area contributed by atoms with E-state index >= 15 is 0 Å². The maximum absolute atomic E-state index is 13.7. The van der Waals surface area contributed by atoms with Crippen LogP contribution in [-0.2, 0) is 19.1 Å². The molecule has 0 saturated carbocycles. The molecule has 1 heterocycles. The van der Waals surface area contributed by atoms with E-state index < -0.39 is 30.0 Å². The van der Waals surface area contributed by atoms with Gasteiger partial charge in [0.05, 0.1) is 20.1 Å². The summed E-state index contributed by atoms with van der Waals surface area (Å²) in [6.45, 7) is 11.6. The molecule has 0 aliphatic carbocycles. The largest absolute Gasteiger partial charge is 0.493 e. The molecule has 1 aromatic carbocycles. The Hall–Kier alpha value is -3.53. The summed E-state index contributed by atoms with van der Waals surface area (Å²) >= 11 is 0. The number of hydrogen-bond acceptors (Lipinski definition) is 8. The quantitative estimate of drug-likeness (QED) is 0.322.